The van der Waals surface area contributed by atoms with E-state index in [9.17, 15) is 4.21 Å². The fourth-order valence-corrected chi connectivity index (χ4v) is 3.45. The van der Waals surface area contributed by atoms with E-state index in [-0.39, 0.29) is 0 Å². The highest BCUT2D eigenvalue weighted by molar-refractivity contribution is 7.85. The van der Waals surface area contributed by atoms with Gasteiger partial charge in [0.1, 0.15) is 0 Å². The van der Waals surface area contributed by atoms with E-state index in [2.05, 4.69) is 36.5 Å². The summed E-state index contributed by atoms with van der Waals surface area (Å²) in [5.74, 6) is 1.69. The summed E-state index contributed by atoms with van der Waals surface area (Å²) in [6.45, 7) is 5.17. The van der Waals surface area contributed by atoms with E-state index in [1.807, 2.05) is 4.68 Å². The van der Waals surface area contributed by atoms with Crippen molar-refractivity contribution in [2.45, 2.75) is 51.7 Å². The van der Waals surface area contributed by atoms with Crippen LogP contribution in [0.4, 0.5) is 0 Å². The fraction of sp³-hybridized carbons (Fsp3) is 0.769. The van der Waals surface area contributed by atoms with Crippen molar-refractivity contribution in [2.24, 2.45) is 0 Å². The molecule has 1 unspecified atom stereocenters. The lowest BCUT2D eigenvalue weighted by Crippen LogP contribution is -2.35. The van der Waals surface area contributed by atoms with Crippen molar-refractivity contribution < 1.29 is 4.21 Å². The first kappa shape index (κ1) is 13.7. The fourth-order valence-electron chi connectivity index (χ4n) is 2.15. The first-order valence-electron chi connectivity index (χ1n) is 6.81. The molecule has 1 fully saturated rings. The van der Waals surface area contributed by atoms with E-state index in [1.165, 1.54) is 0 Å². The van der Waals surface area contributed by atoms with Crippen LogP contribution in [0.2, 0.25) is 0 Å². The molecule has 0 aliphatic carbocycles. The van der Waals surface area contributed by atoms with Gasteiger partial charge in [0.25, 0.3) is 0 Å². The minimum absolute atomic E-state index is 0.468. The maximum absolute atomic E-state index is 11.3. The normalized spacial score (nSPS) is 26.1. The zero-order chi connectivity index (χ0) is 13.0. The van der Waals surface area contributed by atoms with Crippen molar-refractivity contribution in [3.05, 3.63) is 18.0 Å². The van der Waals surface area contributed by atoms with Gasteiger partial charge in [-0.3, -0.25) is 8.89 Å². The van der Waals surface area contributed by atoms with Gasteiger partial charge in [-0.1, -0.05) is 6.92 Å². The summed E-state index contributed by atoms with van der Waals surface area (Å²) in [5, 5.41) is 8.09. The molecular weight excluding hydrogens is 246 g/mol. The van der Waals surface area contributed by atoms with Crippen molar-refractivity contribution in [3.8, 4) is 0 Å². The number of nitrogens with zero attached hydrogens (tertiary/aromatic N) is 2. The lowest BCUT2D eigenvalue weighted by Gasteiger charge is -2.22. The molecule has 1 aliphatic rings. The van der Waals surface area contributed by atoms with Crippen LogP contribution in [0.5, 0.6) is 0 Å². The van der Waals surface area contributed by atoms with Crippen molar-refractivity contribution >= 4 is 10.8 Å². The molecule has 1 aromatic heterocycles. The van der Waals surface area contributed by atoms with E-state index < -0.39 is 10.8 Å². The van der Waals surface area contributed by atoms with Crippen LogP contribution in [0, 0.1) is 0 Å². The summed E-state index contributed by atoms with van der Waals surface area (Å²) >= 11 is 0. The monoisotopic (exact) mass is 269 g/mol. The van der Waals surface area contributed by atoms with Crippen LogP contribution in [0.25, 0.3) is 0 Å². The topological polar surface area (TPSA) is 46.9 Å². The van der Waals surface area contributed by atoms with Crippen molar-refractivity contribution in [1.29, 1.82) is 0 Å². The van der Waals surface area contributed by atoms with Gasteiger partial charge in [0.15, 0.2) is 0 Å². The Labute approximate surface area is 112 Å². The molecule has 0 saturated carbocycles. The molecule has 2 rings (SSSR count). The summed E-state index contributed by atoms with van der Waals surface area (Å²) in [5.41, 5.74) is 1.10. The van der Waals surface area contributed by atoms with Crippen molar-refractivity contribution in [1.82, 2.24) is 15.1 Å². The van der Waals surface area contributed by atoms with Gasteiger partial charge >= 0.3 is 0 Å². The zero-order valence-corrected chi connectivity index (χ0v) is 12.1. The third-order valence-electron chi connectivity index (χ3n) is 3.67. The minimum Gasteiger partial charge on any atom is -0.308 e. The molecule has 1 atom stereocenters. The third kappa shape index (κ3) is 3.65. The first-order chi connectivity index (χ1) is 8.69. The molecule has 4 nitrogen and oxygen atoms in total. The van der Waals surface area contributed by atoms with Crippen molar-refractivity contribution in [2.75, 3.05) is 11.5 Å². The van der Waals surface area contributed by atoms with E-state index in [0.717, 1.165) is 43.0 Å². The lowest BCUT2D eigenvalue weighted by molar-refractivity contribution is 0.452. The third-order valence-corrected chi connectivity index (χ3v) is 5.05. The highest BCUT2D eigenvalue weighted by Gasteiger charge is 2.17. The second-order valence-corrected chi connectivity index (χ2v) is 6.74. The minimum atomic E-state index is -0.572. The van der Waals surface area contributed by atoms with Gasteiger partial charge < -0.3 is 5.32 Å². The summed E-state index contributed by atoms with van der Waals surface area (Å²) in [6, 6.07) is 3.06. The van der Waals surface area contributed by atoms with Crippen LogP contribution >= 0.6 is 0 Å². The molecule has 0 bridgehead atoms. The Kier molecular flexibility index (Phi) is 4.95. The second kappa shape index (κ2) is 6.48. The number of nitrogens with one attached hydrogen (secondary N) is 1. The van der Waals surface area contributed by atoms with E-state index in [0.29, 0.717) is 12.1 Å². The average molecular weight is 269 g/mol. The predicted octanol–water partition coefficient (Wildman–Crippen LogP) is 1.85. The standard InChI is InChI=1S/C13H23N3OS/c1-3-11(2)16-7-4-13(15-16)10-14-12-5-8-18(17)9-6-12/h4,7,11-12,14H,3,5-6,8-10H2,1-2H3. The molecule has 0 aromatic carbocycles. The molecular formula is C13H23N3OS. The molecule has 1 saturated heterocycles. The maximum atomic E-state index is 11.3. The second-order valence-electron chi connectivity index (χ2n) is 5.05. The van der Waals surface area contributed by atoms with Gasteiger partial charge in [0.2, 0.25) is 0 Å². The number of hydrogen-bond donors (Lipinski definition) is 1. The van der Waals surface area contributed by atoms with Gasteiger partial charge in [-0.2, -0.15) is 5.10 Å². The van der Waals surface area contributed by atoms with Crippen molar-refractivity contribution in [3.63, 3.8) is 0 Å². The SMILES string of the molecule is CCC(C)n1ccc(CNC2CCS(=O)CC2)n1. The largest absolute Gasteiger partial charge is 0.308 e. The quantitative estimate of drug-likeness (QED) is 0.887. The molecule has 5 heteroatoms. The molecule has 1 N–H and O–H groups in total. The Bertz CT molecular complexity index is 395. The zero-order valence-electron chi connectivity index (χ0n) is 11.3. The Hall–Kier alpha value is -0.680. The van der Waals surface area contributed by atoms with E-state index in [1.54, 1.807) is 0 Å². The Balaban J connectivity index is 1.79. The molecule has 1 aromatic rings. The van der Waals surface area contributed by atoms with Gasteiger partial charge in [0.05, 0.1) is 5.69 Å². The Morgan fingerprint density at radius 3 is 2.94 bits per heavy atom. The molecule has 18 heavy (non-hydrogen) atoms. The van der Waals surface area contributed by atoms with Crippen LogP contribution < -0.4 is 5.32 Å². The van der Waals surface area contributed by atoms with Crippen LogP contribution in [0.3, 0.4) is 0 Å². The number of aromatic nitrogens is 2. The number of hydrogen-bond acceptors (Lipinski definition) is 3. The summed E-state index contributed by atoms with van der Waals surface area (Å²) < 4.78 is 13.3. The van der Waals surface area contributed by atoms with Crippen LogP contribution in [0.15, 0.2) is 12.3 Å². The molecule has 102 valence electrons. The van der Waals surface area contributed by atoms with Gasteiger partial charge in [-0.05, 0) is 32.3 Å². The molecule has 0 spiro atoms. The predicted molar refractivity (Wildman–Crippen MR) is 75.0 cm³/mol. The number of rotatable bonds is 5. The average Bonchev–Trinajstić information content (AvgIpc) is 2.86. The van der Waals surface area contributed by atoms with Gasteiger partial charge in [0, 0.05) is 47.1 Å². The van der Waals surface area contributed by atoms with Crippen LogP contribution in [-0.4, -0.2) is 31.5 Å². The van der Waals surface area contributed by atoms with E-state index in [4.69, 9.17) is 0 Å². The maximum Gasteiger partial charge on any atom is 0.0762 e. The molecule has 2 heterocycles. The smallest absolute Gasteiger partial charge is 0.0762 e. The van der Waals surface area contributed by atoms with E-state index >= 15 is 0 Å². The lowest BCUT2D eigenvalue weighted by atomic mass is 10.1. The summed E-state index contributed by atoms with van der Waals surface area (Å²) in [6.07, 6.45) is 5.21. The summed E-state index contributed by atoms with van der Waals surface area (Å²) in [4.78, 5) is 0. The van der Waals surface area contributed by atoms with Crippen LogP contribution in [0.1, 0.15) is 44.8 Å². The first-order valence-corrected chi connectivity index (χ1v) is 8.30. The summed E-state index contributed by atoms with van der Waals surface area (Å²) in [7, 11) is -0.572. The Morgan fingerprint density at radius 1 is 1.56 bits per heavy atom. The Morgan fingerprint density at radius 2 is 2.28 bits per heavy atom. The molecule has 0 amide bonds. The van der Waals surface area contributed by atoms with Crippen LogP contribution in [-0.2, 0) is 17.3 Å². The highest BCUT2D eigenvalue weighted by atomic mass is 32.2. The molecule has 0 radical (unpaired) electrons. The van der Waals surface area contributed by atoms with Gasteiger partial charge in [-0.15, -0.1) is 0 Å². The molecule has 1 aliphatic heterocycles. The van der Waals surface area contributed by atoms with Gasteiger partial charge in [-0.25, -0.2) is 0 Å². The highest BCUT2D eigenvalue weighted by Crippen LogP contribution is 2.11.